The zero-order valence-corrected chi connectivity index (χ0v) is 21.3. The molecule has 0 radical (unpaired) electrons. The van der Waals surface area contributed by atoms with Crippen molar-refractivity contribution >= 4 is 22.7 Å². The highest BCUT2D eigenvalue weighted by Gasteiger charge is 2.38. The van der Waals surface area contributed by atoms with E-state index in [2.05, 4.69) is 4.98 Å². The third-order valence-electron chi connectivity index (χ3n) is 6.75. The maximum atomic E-state index is 13.8. The average Bonchev–Trinajstić information content (AvgIpc) is 3.48. The fraction of sp³-hybridized carbons (Fsp3) is 0.179. The second kappa shape index (κ2) is 8.91. The summed E-state index contributed by atoms with van der Waals surface area (Å²) in [4.78, 5) is 31.0. The van der Waals surface area contributed by atoms with Crippen molar-refractivity contribution in [1.29, 1.82) is 0 Å². The highest BCUT2D eigenvalue weighted by Crippen LogP contribution is 2.45. The summed E-state index contributed by atoms with van der Waals surface area (Å²) in [5.74, 6) is -0.225. The van der Waals surface area contributed by atoms with Crippen LogP contribution in [-0.2, 0) is 12.0 Å². The molecule has 1 aliphatic rings. The van der Waals surface area contributed by atoms with Gasteiger partial charge in [0.05, 0.1) is 18.6 Å². The molecule has 0 unspecified atom stereocenters. The largest absolute Gasteiger partial charge is 0.505 e. The Balaban J connectivity index is 1.42. The molecule has 4 heterocycles. The highest BCUT2D eigenvalue weighted by atomic mass is 32.2. The molecule has 2 aromatic carbocycles. The first-order valence-electron chi connectivity index (χ1n) is 11.9. The normalized spacial score (nSPS) is 13.4. The topological polar surface area (TPSA) is 99.5 Å². The Bertz CT molecular complexity index is 1810. The van der Waals surface area contributed by atoms with E-state index in [9.17, 15) is 19.1 Å². The summed E-state index contributed by atoms with van der Waals surface area (Å²) >= 11 is 0.907. The standard InChI is InChI=1S/C28H22FN3O5S/c1-28(2)19-13-17(36-12-11-31-10-9-30-15-31)5-8-20(19)32-22(28)14-21-23(26(32)34)24(33)25(27(35)37-21)38-18-6-3-16(29)4-7-18/h3-10,13-15,33H,11-12H2,1-2H3. The van der Waals surface area contributed by atoms with Gasteiger partial charge in [0, 0.05) is 34.5 Å². The Morgan fingerprint density at radius 3 is 2.66 bits per heavy atom. The molecule has 0 spiro atoms. The van der Waals surface area contributed by atoms with Gasteiger partial charge in [0.15, 0.2) is 5.75 Å². The number of benzene rings is 2. The minimum Gasteiger partial charge on any atom is -0.505 e. The second-order valence-corrected chi connectivity index (χ2v) is 10.6. The van der Waals surface area contributed by atoms with Gasteiger partial charge in [0.1, 0.15) is 34.0 Å². The van der Waals surface area contributed by atoms with Gasteiger partial charge < -0.3 is 18.8 Å². The number of aromatic nitrogens is 3. The van der Waals surface area contributed by atoms with Crippen molar-refractivity contribution in [1.82, 2.24) is 14.1 Å². The van der Waals surface area contributed by atoms with Crippen molar-refractivity contribution in [2.24, 2.45) is 0 Å². The summed E-state index contributed by atoms with van der Waals surface area (Å²) in [6, 6.07) is 12.6. The van der Waals surface area contributed by atoms with E-state index in [1.807, 2.05) is 36.7 Å². The smallest absolute Gasteiger partial charge is 0.354 e. The molecule has 0 bridgehead atoms. The number of imidazole rings is 1. The molecule has 0 atom stereocenters. The Kier molecular flexibility index (Phi) is 5.64. The SMILES string of the molecule is CC1(C)c2cc(OCCn3ccnc3)ccc2-n2c1cc1oc(=O)c(Sc3ccc(F)cc3)c(O)c1c2=O. The number of rotatable bonds is 6. The third kappa shape index (κ3) is 3.88. The lowest BCUT2D eigenvalue weighted by atomic mass is 9.83. The summed E-state index contributed by atoms with van der Waals surface area (Å²) in [6.45, 7) is 5.03. The lowest BCUT2D eigenvalue weighted by Gasteiger charge is -2.20. The van der Waals surface area contributed by atoms with Crippen LogP contribution in [0.1, 0.15) is 25.1 Å². The minimum atomic E-state index is -0.782. The molecule has 1 N–H and O–H groups in total. The van der Waals surface area contributed by atoms with Crippen LogP contribution in [0.15, 0.2) is 91.0 Å². The van der Waals surface area contributed by atoms with E-state index in [0.717, 1.165) is 17.3 Å². The fourth-order valence-corrected chi connectivity index (χ4v) is 5.61. The van der Waals surface area contributed by atoms with Gasteiger partial charge >= 0.3 is 5.63 Å². The summed E-state index contributed by atoms with van der Waals surface area (Å²) in [5.41, 5.74) is 0.273. The monoisotopic (exact) mass is 531 g/mol. The van der Waals surface area contributed by atoms with E-state index >= 15 is 0 Å². The van der Waals surface area contributed by atoms with Crippen LogP contribution in [0.2, 0.25) is 0 Å². The van der Waals surface area contributed by atoms with Gasteiger partial charge in [-0.2, -0.15) is 0 Å². The summed E-state index contributed by atoms with van der Waals surface area (Å²) < 4.78 is 28.2. The lowest BCUT2D eigenvalue weighted by Crippen LogP contribution is -2.24. The van der Waals surface area contributed by atoms with Gasteiger partial charge in [-0.05, 0) is 48.0 Å². The predicted octanol–water partition coefficient (Wildman–Crippen LogP) is 4.85. The van der Waals surface area contributed by atoms with Crippen LogP contribution in [0.4, 0.5) is 4.39 Å². The zero-order chi connectivity index (χ0) is 26.6. The first-order chi connectivity index (χ1) is 18.2. The molecule has 0 amide bonds. The van der Waals surface area contributed by atoms with Gasteiger partial charge in [-0.1, -0.05) is 25.6 Å². The van der Waals surface area contributed by atoms with Crippen LogP contribution >= 0.6 is 11.8 Å². The van der Waals surface area contributed by atoms with Crippen LogP contribution in [0.3, 0.4) is 0 Å². The number of fused-ring (bicyclic) bond motifs is 4. The van der Waals surface area contributed by atoms with Crippen molar-refractivity contribution in [2.45, 2.75) is 35.6 Å². The molecule has 10 heteroatoms. The minimum absolute atomic E-state index is 0.00453. The first-order valence-corrected chi connectivity index (χ1v) is 12.7. The quantitative estimate of drug-likeness (QED) is 0.334. The number of ether oxygens (including phenoxy) is 1. The van der Waals surface area contributed by atoms with E-state index in [1.54, 1.807) is 29.2 Å². The molecule has 6 rings (SSSR count). The number of halogens is 1. The first kappa shape index (κ1) is 24.1. The summed E-state index contributed by atoms with van der Waals surface area (Å²) in [7, 11) is 0. The van der Waals surface area contributed by atoms with E-state index in [4.69, 9.17) is 9.15 Å². The predicted molar refractivity (Wildman–Crippen MR) is 140 cm³/mol. The number of hydrogen-bond donors (Lipinski definition) is 1. The number of hydrogen-bond acceptors (Lipinski definition) is 7. The molecule has 0 aliphatic carbocycles. The molecule has 0 fully saturated rings. The van der Waals surface area contributed by atoms with E-state index in [1.165, 1.54) is 24.3 Å². The van der Waals surface area contributed by atoms with Gasteiger partial charge in [-0.3, -0.25) is 9.36 Å². The maximum Gasteiger partial charge on any atom is 0.354 e. The Morgan fingerprint density at radius 2 is 1.92 bits per heavy atom. The average molecular weight is 532 g/mol. The molecule has 38 heavy (non-hydrogen) atoms. The van der Waals surface area contributed by atoms with E-state index < -0.39 is 28.2 Å². The number of nitrogens with zero attached hydrogens (tertiary/aromatic N) is 3. The van der Waals surface area contributed by atoms with Crippen LogP contribution in [0.5, 0.6) is 11.5 Å². The van der Waals surface area contributed by atoms with Gasteiger partial charge in [0.25, 0.3) is 5.56 Å². The van der Waals surface area contributed by atoms with Gasteiger partial charge in [0.2, 0.25) is 0 Å². The van der Waals surface area contributed by atoms with Crippen molar-refractivity contribution in [3.8, 4) is 17.2 Å². The van der Waals surface area contributed by atoms with Crippen LogP contribution < -0.4 is 15.9 Å². The zero-order valence-electron chi connectivity index (χ0n) is 20.5. The molecule has 8 nitrogen and oxygen atoms in total. The third-order valence-corrected chi connectivity index (χ3v) is 7.82. The van der Waals surface area contributed by atoms with Crippen LogP contribution in [0.25, 0.3) is 16.7 Å². The Labute approximate surface area is 219 Å². The van der Waals surface area contributed by atoms with Gasteiger partial charge in [-0.25, -0.2) is 14.2 Å². The number of aromatic hydroxyl groups is 1. The molecule has 0 saturated heterocycles. The van der Waals surface area contributed by atoms with Crippen molar-refractivity contribution in [2.75, 3.05) is 6.61 Å². The second-order valence-electron chi connectivity index (χ2n) is 9.49. The molecular weight excluding hydrogens is 509 g/mol. The van der Waals surface area contributed by atoms with Gasteiger partial charge in [-0.15, -0.1) is 0 Å². The summed E-state index contributed by atoms with van der Waals surface area (Å²) in [6.07, 6.45) is 5.29. The molecule has 192 valence electrons. The summed E-state index contributed by atoms with van der Waals surface area (Å²) in [5, 5.41) is 11.0. The molecule has 5 aromatic rings. The Morgan fingerprint density at radius 1 is 1.13 bits per heavy atom. The van der Waals surface area contributed by atoms with E-state index in [-0.39, 0.29) is 15.9 Å². The lowest BCUT2D eigenvalue weighted by molar-refractivity contribution is 0.298. The van der Waals surface area contributed by atoms with Crippen molar-refractivity contribution in [3.05, 3.63) is 105 Å². The molecule has 0 saturated carbocycles. The fourth-order valence-electron chi connectivity index (χ4n) is 4.78. The van der Waals surface area contributed by atoms with Crippen molar-refractivity contribution in [3.63, 3.8) is 0 Å². The number of pyridine rings is 1. The maximum absolute atomic E-state index is 13.8. The van der Waals surface area contributed by atoms with E-state index in [0.29, 0.717) is 35.2 Å². The molecule has 1 aliphatic heterocycles. The molecular formula is C28H22FN3O5S. The van der Waals surface area contributed by atoms with Crippen LogP contribution in [-0.4, -0.2) is 25.8 Å². The molecule has 3 aromatic heterocycles. The van der Waals surface area contributed by atoms with Crippen molar-refractivity contribution < 1.29 is 18.7 Å². The van der Waals surface area contributed by atoms with Crippen LogP contribution in [0, 0.1) is 5.82 Å². The highest BCUT2D eigenvalue weighted by molar-refractivity contribution is 7.99. The Hall–Kier alpha value is -4.31.